The first kappa shape index (κ1) is 13.9. The van der Waals surface area contributed by atoms with E-state index in [0.717, 1.165) is 5.56 Å². The van der Waals surface area contributed by atoms with Gasteiger partial charge in [-0.2, -0.15) is 4.98 Å². The molecule has 0 aliphatic carbocycles. The first-order chi connectivity index (χ1) is 7.75. The summed E-state index contributed by atoms with van der Waals surface area (Å²) in [4.78, 5) is 14.3. The van der Waals surface area contributed by atoms with Crippen LogP contribution < -0.4 is 34.7 Å². The largest absolute Gasteiger partial charge is 1.00 e. The average molecular weight is 240 g/mol. The molecule has 0 bridgehead atoms. The summed E-state index contributed by atoms with van der Waals surface area (Å²) in [6.07, 6.45) is 0.0819. The molecular formula is C11H9N2NaO3. The van der Waals surface area contributed by atoms with Crippen LogP contribution in [0.3, 0.4) is 0 Å². The van der Waals surface area contributed by atoms with Crippen molar-refractivity contribution in [2.75, 3.05) is 0 Å². The van der Waals surface area contributed by atoms with Gasteiger partial charge in [0.25, 0.3) is 0 Å². The fraction of sp³-hybridized carbons (Fsp3) is 0.182. The third kappa shape index (κ3) is 3.96. The summed E-state index contributed by atoms with van der Waals surface area (Å²) < 4.78 is 4.92. The van der Waals surface area contributed by atoms with Crippen LogP contribution in [0.2, 0.25) is 0 Å². The van der Waals surface area contributed by atoms with Gasteiger partial charge in [0.2, 0.25) is 11.7 Å². The van der Waals surface area contributed by atoms with E-state index >= 15 is 0 Å². The van der Waals surface area contributed by atoms with E-state index in [9.17, 15) is 9.90 Å². The van der Waals surface area contributed by atoms with Gasteiger partial charge in [-0.25, -0.2) is 0 Å². The van der Waals surface area contributed by atoms with Crippen molar-refractivity contribution < 1.29 is 44.0 Å². The number of benzene rings is 1. The molecule has 0 saturated carbocycles. The van der Waals surface area contributed by atoms with Crippen LogP contribution >= 0.6 is 0 Å². The molecule has 2 rings (SSSR count). The summed E-state index contributed by atoms with van der Waals surface area (Å²) in [5.74, 6) is -0.350. The van der Waals surface area contributed by atoms with E-state index in [-0.39, 0.29) is 42.4 Å². The maximum Gasteiger partial charge on any atom is 1.00 e. The molecule has 2 aromatic rings. The van der Waals surface area contributed by atoms with Crippen molar-refractivity contribution in [1.82, 2.24) is 10.1 Å². The van der Waals surface area contributed by atoms with Gasteiger partial charge in [0.05, 0.1) is 0 Å². The average Bonchev–Trinajstić information content (AvgIpc) is 2.76. The number of carbonyl (C=O) groups excluding carboxylic acids is 1. The van der Waals surface area contributed by atoms with Crippen molar-refractivity contribution >= 4 is 5.97 Å². The maximum absolute atomic E-state index is 10.2. The number of carbonyl (C=O) groups is 1. The molecule has 0 spiro atoms. The number of aryl methyl sites for hydroxylation is 1. The molecule has 17 heavy (non-hydrogen) atoms. The van der Waals surface area contributed by atoms with Crippen molar-refractivity contribution in [2.24, 2.45) is 0 Å². The van der Waals surface area contributed by atoms with Crippen molar-refractivity contribution in [3.63, 3.8) is 0 Å². The third-order valence-corrected chi connectivity index (χ3v) is 2.04. The van der Waals surface area contributed by atoms with Crippen LogP contribution in [0, 0.1) is 0 Å². The minimum Gasteiger partial charge on any atom is -0.550 e. The summed E-state index contributed by atoms with van der Waals surface area (Å²) in [6.45, 7) is 0. The van der Waals surface area contributed by atoms with Crippen LogP contribution in [0.1, 0.15) is 12.3 Å². The molecule has 1 aromatic carbocycles. The van der Waals surface area contributed by atoms with Gasteiger partial charge in [0.15, 0.2) is 0 Å². The second-order valence-electron chi connectivity index (χ2n) is 3.25. The molecule has 0 saturated heterocycles. The summed E-state index contributed by atoms with van der Waals surface area (Å²) in [6, 6.07) is 9.33. The molecule has 5 nitrogen and oxygen atoms in total. The van der Waals surface area contributed by atoms with Gasteiger partial charge in [-0.1, -0.05) is 35.5 Å². The van der Waals surface area contributed by atoms with Gasteiger partial charge in [0, 0.05) is 18.0 Å². The van der Waals surface area contributed by atoms with Gasteiger partial charge in [0.1, 0.15) is 0 Å². The molecular weight excluding hydrogens is 231 g/mol. The Hall–Kier alpha value is -1.17. The molecule has 82 valence electrons. The Bertz CT molecular complexity index is 484. The SMILES string of the molecule is O=C([O-])CCc1nc(-c2ccccc2)no1.[Na+]. The Morgan fingerprint density at radius 2 is 2.00 bits per heavy atom. The zero-order valence-electron chi connectivity index (χ0n) is 9.42. The molecule has 1 heterocycles. The zero-order chi connectivity index (χ0) is 11.4. The van der Waals surface area contributed by atoms with Gasteiger partial charge >= 0.3 is 29.6 Å². The van der Waals surface area contributed by atoms with Crippen LogP contribution in [0.4, 0.5) is 0 Å². The molecule has 0 atom stereocenters. The Balaban J connectivity index is 0.00000144. The number of carboxylic acids is 1. The second-order valence-corrected chi connectivity index (χ2v) is 3.25. The number of aliphatic carboxylic acids is 1. The molecule has 0 aliphatic rings. The standard InChI is InChI=1S/C11H10N2O3.Na/c14-10(15)7-6-9-12-11(13-16-9)8-4-2-1-3-5-8;/h1-5H,6-7H2,(H,14,15);/q;+1/p-1. The predicted molar refractivity (Wildman–Crippen MR) is 53.1 cm³/mol. The number of hydrogen-bond donors (Lipinski definition) is 0. The molecule has 0 aliphatic heterocycles. The fourth-order valence-electron chi connectivity index (χ4n) is 1.27. The summed E-state index contributed by atoms with van der Waals surface area (Å²) >= 11 is 0. The van der Waals surface area contributed by atoms with Gasteiger partial charge in [-0.15, -0.1) is 0 Å². The van der Waals surface area contributed by atoms with Crippen LogP contribution in [0.5, 0.6) is 0 Å². The second kappa shape index (κ2) is 6.54. The van der Waals surface area contributed by atoms with Gasteiger partial charge in [-0.3, -0.25) is 0 Å². The smallest absolute Gasteiger partial charge is 0.550 e. The Morgan fingerprint density at radius 1 is 1.29 bits per heavy atom. The Morgan fingerprint density at radius 3 is 2.65 bits per heavy atom. The molecule has 0 unspecified atom stereocenters. The van der Waals surface area contributed by atoms with E-state index in [1.54, 1.807) is 0 Å². The Labute approximate surface area is 120 Å². The molecule has 0 fully saturated rings. The van der Waals surface area contributed by atoms with Gasteiger partial charge < -0.3 is 14.4 Å². The van der Waals surface area contributed by atoms with E-state index in [1.165, 1.54) is 0 Å². The number of carboxylic acid groups (broad SMARTS) is 1. The first-order valence-corrected chi connectivity index (χ1v) is 4.83. The van der Waals surface area contributed by atoms with E-state index in [1.807, 2.05) is 30.3 Å². The number of aromatic nitrogens is 2. The maximum atomic E-state index is 10.2. The quantitative estimate of drug-likeness (QED) is 0.548. The van der Waals surface area contributed by atoms with Gasteiger partial charge in [-0.05, 0) is 6.42 Å². The van der Waals surface area contributed by atoms with Crippen molar-refractivity contribution in [3.05, 3.63) is 36.2 Å². The minimum absolute atomic E-state index is 0. The van der Waals surface area contributed by atoms with Crippen molar-refractivity contribution in [3.8, 4) is 11.4 Å². The predicted octanol–water partition coefficient (Wildman–Crippen LogP) is -2.58. The number of nitrogens with zero attached hydrogens (tertiary/aromatic N) is 2. The van der Waals surface area contributed by atoms with Crippen molar-refractivity contribution in [1.29, 1.82) is 0 Å². The Kier molecular flexibility index (Phi) is 5.34. The normalized spacial score (nSPS) is 9.65. The topological polar surface area (TPSA) is 79.0 Å². The molecule has 6 heteroatoms. The van der Waals surface area contributed by atoms with Crippen LogP contribution in [0.25, 0.3) is 11.4 Å². The molecule has 0 N–H and O–H groups in total. The molecule has 1 aromatic heterocycles. The van der Waals surface area contributed by atoms with Crippen molar-refractivity contribution in [2.45, 2.75) is 12.8 Å². The van der Waals surface area contributed by atoms with E-state index < -0.39 is 5.97 Å². The summed E-state index contributed by atoms with van der Waals surface area (Å²) in [5.41, 5.74) is 0.839. The molecule has 0 amide bonds. The first-order valence-electron chi connectivity index (χ1n) is 4.83. The van der Waals surface area contributed by atoms with E-state index in [2.05, 4.69) is 10.1 Å². The zero-order valence-corrected chi connectivity index (χ0v) is 11.4. The summed E-state index contributed by atoms with van der Waals surface area (Å²) in [7, 11) is 0. The van der Waals surface area contributed by atoms with Crippen LogP contribution in [-0.2, 0) is 11.2 Å². The summed E-state index contributed by atoms with van der Waals surface area (Å²) in [5, 5.41) is 14.0. The van der Waals surface area contributed by atoms with Crippen LogP contribution in [0.15, 0.2) is 34.9 Å². The third-order valence-electron chi connectivity index (χ3n) is 2.04. The number of rotatable bonds is 4. The number of hydrogen-bond acceptors (Lipinski definition) is 5. The minimum atomic E-state index is -1.13. The van der Waals surface area contributed by atoms with E-state index in [0.29, 0.717) is 11.7 Å². The fourth-order valence-corrected chi connectivity index (χ4v) is 1.27. The monoisotopic (exact) mass is 240 g/mol. The molecule has 0 radical (unpaired) electrons. The van der Waals surface area contributed by atoms with Crippen LogP contribution in [-0.4, -0.2) is 16.1 Å². The van der Waals surface area contributed by atoms with E-state index in [4.69, 9.17) is 4.52 Å².